The molecule has 0 amide bonds. The van der Waals surface area contributed by atoms with Crippen molar-refractivity contribution in [1.82, 2.24) is 5.16 Å². The number of aromatic nitrogens is 1. The van der Waals surface area contributed by atoms with Crippen LogP contribution in [0.15, 0.2) is 51.5 Å². The number of nitrogen functional groups attached to an aromatic ring is 1. The van der Waals surface area contributed by atoms with Crippen LogP contribution in [0, 0.1) is 5.82 Å². The van der Waals surface area contributed by atoms with Crippen molar-refractivity contribution in [3.05, 3.63) is 57.8 Å². The molecule has 2 N–H and O–H groups in total. The van der Waals surface area contributed by atoms with E-state index in [1.54, 1.807) is 36.4 Å². The number of nitrogens with two attached hydrogens (primary N) is 1. The number of benzene rings is 2. The molecular formula is C15H9BrClFN2O. The van der Waals surface area contributed by atoms with E-state index in [-0.39, 0.29) is 17.1 Å². The summed E-state index contributed by atoms with van der Waals surface area (Å²) in [5, 5.41) is 4.30. The minimum Gasteiger partial charge on any atom is -0.380 e. The van der Waals surface area contributed by atoms with E-state index in [4.69, 9.17) is 21.9 Å². The van der Waals surface area contributed by atoms with Crippen molar-refractivity contribution in [3.8, 4) is 22.5 Å². The lowest BCUT2D eigenvalue weighted by Crippen LogP contribution is -1.90. The van der Waals surface area contributed by atoms with Crippen molar-refractivity contribution in [1.29, 1.82) is 0 Å². The third-order valence-corrected chi connectivity index (χ3v) is 3.88. The highest BCUT2D eigenvalue weighted by Gasteiger charge is 2.21. The van der Waals surface area contributed by atoms with E-state index in [0.717, 1.165) is 5.56 Å². The van der Waals surface area contributed by atoms with Gasteiger partial charge >= 0.3 is 0 Å². The van der Waals surface area contributed by atoms with Crippen molar-refractivity contribution >= 4 is 33.3 Å². The van der Waals surface area contributed by atoms with Crippen LogP contribution in [0.1, 0.15) is 0 Å². The first kappa shape index (κ1) is 14.1. The van der Waals surface area contributed by atoms with Crippen LogP contribution in [0.4, 0.5) is 10.2 Å². The van der Waals surface area contributed by atoms with Gasteiger partial charge in [0.15, 0.2) is 11.6 Å². The van der Waals surface area contributed by atoms with E-state index < -0.39 is 5.82 Å². The Bertz CT molecular complexity index is 819. The second-order valence-corrected chi connectivity index (χ2v) is 5.67. The summed E-state index contributed by atoms with van der Waals surface area (Å²) in [5.74, 6) is 0.0251. The fraction of sp³-hybridized carbons (Fsp3) is 0. The molecule has 0 fully saturated rings. The van der Waals surface area contributed by atoms with Gasteiger partial charge in [-0.2, -0.15) is 0 Å². The Balaban J connectivity index is 2.24. The van der Waals surface area contributed by atoms with Gasteiger partial charge < -0.3 is 10.3 Å². The number of nitrogens with zero attached hydrogens (tertiary/aromatic N) is 1. The summed E-state index contributed by atoms with van der Waals surface area (Å²) >= 11 is 9.15. The van der Waals surface area contributed by atoms with E-state index in [2.05, 4.69) is 21.1 Å². The molecule has 3 aromatic rings. The summed E-state index contributed by atoms with van der Waals surface area (Å²) < 4.78 is 19.8. The quantitative estimate of drug-likeness (QED) is 0.682. The van der Waals surface area contributed by atoms with Gasteiger partial charge in [0.2, 0.25) is 0 Å². The zero-order valence-electron chi connectivity index (χ0n) is 10.6. The zero-order valence-corrected chi connectivity index (χ0v) is 13.0. The summed E-state index contributed by atoms with van der Waals surface area (Å²) in [6.45, 7) is 0. The standard InChI is InChI=1S/C15H9BrClFN2O/c16-11-6-2-5-10(13(11)18)14-12(15(19)20-21-14)8-3-1-4-9(17)7-8/h1-7H,(H2,19,20). The van der Waals surface area contributed by atoms with Crippen molar-refractivity contribution in [3.63, 3.8) is 0 Å². The number of rotatable bonds is 2. The minimum absolute atomic E-state index is 0.187. The average molecular weight is 368 g/mol. The smallest absolute Gasteiger partial charge is 0.179 e. The lowest BCUT2D eigenvalue weighted by atomic mass is 10.0. The molecule has 0 saturated heterocycles. The minimum atomic E-state index is -0.433. The predicted octanol–water partition coefficient (Wildman–Crippen LogP) is 5.15. The van der Waals surface area contributed by atoms with Crippen LogP contribution in [-0.2, 0) is 0 Å². The van der Waals surface area contributed by atoms with Crippen LogP contribution in [-0.4, -0.2) is 5.16 Å². The summed E-state index contributed by atoms with van der Waals surface area (Å²) in [6, 6.07) is 12.0. The van der Waals surface area contributed by atoms with Gasteiger partial charge in [-0.25, -0.2) is 4.39 Å². The van der Waals surface area contributed by atoms with E-state index in [1.165, 1.54) is 0 Å². The molecule has 3 nitrogen and oxygen atoms in total. The summed E-state index contributed by atoms with van der Waals surface area (Å²) in [6.07, 6.45) is 0. The summed E-state index contributed by atoms with van der Waals surface area (Å²) in [4.78, 5) is 0. The van der Waals surface area contributed by atoms with Crippen molar-refractivity contribution in [2.24, 2.45) is 0 Å². The Morgan fingerprint density at radius 1 is 1.19 bits per heavy atom. The number of hydrogen-bond donors (Lipinski definition) is 1. The van der Waals surface area contributed by atoms with Crippen LogP contribution >= 0.6 is 27.5 Å². The Hall–Kier alpha value is -1.85. The van der Waals surface area contributed by atoms with E-state index in [1.807, 2.05) is 6.07 Å². The van der Waals surface area contributed by atoms with Crippen molar-refractivity contribution in [2.75, 3.05) is 5.73 Å². The largest absolute Gasteiger partial charge is 0.380 e. The Labute approximate surface area is 133 Å². The molecule has 1 heterocycles. The molecule has 0 saturated carbocycles. The van der Waals surface area contributed by atoms with Crippen LogP contribution < -0.4 is 5.73 Å². The van der Waals surface area contributed by atoms with Gasteiger partial charge in [-0.15, -0.1) is 0 Å². The van der Waals surface area contributed by atoms with Crippen LogP contribution in [0.2, 0.25) is 5.02 Å². The fourth-order valence-electron chi connectivity index (χ4n) is 2.09. The molecule has 6 heteroatoms. The Morgan fingerprint density at radius 2 is 1.95 bits per heavy atom. The second-order valence-electron chi connectivity index (χ2n) is 4.38. The molecular weight excluding hydrogens is 359 g/mol. The molecule has 0 radical (unpaired) electrons. The maximum Gasteiger partial charge on any atom is 0.179 e. The Morgan fingerprint density at radius 3 is 2.71 bits per heavy atom. The first-order chi connectivity index (χ1) is 10.1. The lowest BCUT2D eigenvalue weighted by Gasteiger charge is -2.05. The summed E-state index contributed by atoms with van der Waals surface area (Å²) in [5.41, 5.74) is 7.39. The lowest BCUT2D eigenvalue weighted by molar-refractivity contribution is 0.433. The molecule has 0 spiro atoms. The first-order valence-electron chi connectivity index (χ1n) is 6.03. The average Bonchev–Trinajstić information content (AvgIpc) is 2.83. The van der Waals surface area contributed by atoms with Gasteiger partial charge in [-0.3, -0.25) is 0 Å². The summed E-state index contributed by atoms with van der Waals surface area (Å²) in [7, 11) is 0. The third kappa shape index (κ3) is 2.54. The van der Waals surface area contributed by atoms with Gasteiger partial charge in [0.1, 0.15) is 5.82 Å². The zero-order chi connectivity index (χ0) is 15.0. The highest BCUT2D eigenvalue weighted by molar-refractivity contribution is 9.10. The van der Waals surface area contributed by atoms with Crippen LogP contribution in [0.5, 0.6) is 0 Å². The number of anilines is 1. The van der Waals surface area contributed by atoms with Gasteiger partial charge in [0, 0.05) is 5.02 Å². The maximum atomic E-state index is 14.3. The monoisotopic (exact) mass is 366 g/mol. The fourth-order valence-corrected chi connectivity index (χ4v) is 2.64. The topological polar surface area (TPSA) is 52.0 Å². The molecule has 0 aliphatic heterocycles. The molecule has 106 valence electrons. The molecule has 0 atom stereocenters. The molecule has 0 aliphatic carbocycles. The second kappa shape index (κ2) is 5.50. The molecule has 21 heavy (non-hydrogen) atoms. The molecule has 1 aromatic heterocycles. The van der Waals surface area contributed by atoms with E-state index in [0.29, 0.717) is 15.1 Å². The molecule has 0 unspecified atom stereocenters. The van der Waals surface area contributed by atoms with Gasteiger partial charge in [0.25, 0.3) is 0 Å². The maximum absolute atomic E-state index is 14.3. The van der Waals surface area contributed by atoms with Gasteiger partial charge in [0.05, 0.1) is 15.6 Å². The van der Waals surface area contributed by atoms with Gasteiger partial charge in [-0.1, -0.05) is 35.0 Å². The molecule has 2 aromatic carbocycles. The van der Waals surface area contributed by atoms with Crippen molar-refractivity contribution < 1.29 is 8.91 Å². The highest BCUT2D eigenvalue weighted by Crippen LogP contribution is 2.39. The molecule has 0 bridgehead atoms. The highest BCUT2D eigenvalue weighted by atomic mass is 79.9. The molecule has 3 rings (SSSR count). The van der Waals surface area contributed by atoms with Crippen molar-refractivity contribution in [2.45, 2.75) is 0 Å². The van der Waals surface area contributed by atoms with E-state index in [9.17, 15) is 4.39 Å². The SMILES string of the molecule is Nc1noc(-c2cccc(Br)c2F)c1-c1cccc(Cl)c1. The van der Waals surface area contributed by atoms with Crippen LogP contribution in [0.25, 0.3) is 22.5 Å². The first-order valence-corrected chi connectivity index (χ1v) is 7.20. The Kier molecular flexibility index (Phi) is 3.69. The van der Waals surface area contributed by atoms with E-state index >= 15 is 0 Å². The normalized spacial score (nSPS) is 10.8. The van der Waals surface area contributed by atoms with Crippen LogP contribution in [0.3, 0.4) is 0 Å². The number of halogens is 3. The van der Waals surface area contributed by atoms with Gasteiger partial charge in [-0.05, 0) is 45.8 Å². The number of hydrogen-bond acceptors (Lipinski definition) is 3. The predicted molar refractivity (Wildman–Crippen MR) is 84.5 cm³/mol. The molecule has 0 aliphatic rings. The third-order valence-electron chi connectivity index (χ3n) is 3.03.